The summed E-state index contributed by atoms with van der Waals surface area (Å²) in [5.41, 5.74) is 21.2. The van der Waals surface area contributed by atoms with Crippen LogP contribution in [-0.2, 0) is 25.7 Å². The maximum Gasteiger partial charge on any atom is 0.163 e. The number of anilines is 1. The van der Waals surface area contributed by atoms with E-state index in [4.69, 9.17) is 20.0 Å². The summed E-state index contributed by atoms with van der Waals surface area (Å²) < 4.78 is 0. The van der Waals surface area contributed by atoms with Crippen molar-refractivity contribution in [2.45, 2.75) is 261 Å². The predicted molar refractivity (Wildman–Crippen MR) is 441 cm³/mol. The highest BCUT2D eigenvalue weighted by molar-refractivity contribution is 6.27. The molecule has 4 aromatic heterocycles. The summed E-state index contributed by atoms with van der Waals surface area (Å²) in [5, 5.41) is 32.0. The van der Waals surface area contributed by atoms with Crippen molar-refractivity contribution in [3.63, 3.8) is 0 Å². The molecule has 0 radical (unpaired) electrons. The number of hydrogen-bond acceptors (Lipinski definition) is 4. The van der Waals surface area contributed by atoms with Crippen molar-refractivity contribution < 1.29 is 0 Å². The van der Waals surface area contributed by atoms with Crippen molar-refractivity contribution in [3.8, 4) is 0 Å². The van der Waals surface area contributed by atoms with Gasteiger partial charge in [-0.1, -0.05) is 249 Å². The van der Waals surface area contributed by atoms with Gasteiger partial charge in [0.25, 0.3) is 0 Å². The number of unbranched alkanes of at least 4 members (excludes halogenated alkanes) is 16. The van der Waals surface area contributed by atoms with Crippen molar-refractivity contribution >= 4 is 121 Å². The number of nitrogens with zero attached hydrogens (tertiary/aromatic N) is 4. The standard InChI is InChI=1S/C96H108N8/c1-9-17-25-49-65-73-57-41-33-34-42-58(57)74-67(51-27-19-11-3)83-84-69(53-29-21-13-5)77-61-45-37-38-46-62(61)79-71(55-31-23-15-7)87(103-94(79)93(77)101-84)88-72(56-32-24-16-8)80-64-48-40-39-47-63(64)78-70(54-30-22-14-6)86(102-95(78)96(80)104-88)85-68(52-28-20-12-4)76-60-44-36-35-43-59(60)75-66(50-26-18-10-2)82(98-91(75)92(76)100-85)81(65)97-89(73)90(74)99-83/h33-48,97-99,103H,9-32,49-56H2,1-8H3. The van der Waals surface area contributed by atoms with E-state index in [0.717, 1.165) is 254 Å². The molecule has 0 fully saturated rings. The van der Waals surface area contributed by atoms with Crippen LogP contribution in [0.3, 0.4) is 0 Å². The van der Waals surface area contributed by atoms with Crippen LogP contribution < -0.4 is 52.7 Å². The van der Waals surface area contributed by atoms with Gasteiger partial charge in [0.15, 0.2) is 17.1 Å². The molecule has 0 spiro atoms. The second kappa shape index (κ2) is 29.2. The Morgan fingerprint density at radius 2 is 0.683 bits per heavy atom. The zero-order valence-corrected chi connectivity index (χ0v) is 63.7. The highest BCUT2D eigenvalue weighted by atomic mass is 15.0. The average Bonchev–Trinajstić information content (AvgIpc) is 1.54. The molecule has 0 saturated carbocycles. The van der Waals surface area contributed by atoms with Crippen LogP contribution >= 0.6 is 0 Å². The van der Waals surface area contributed by atoms with E-state index in [1.165, 1.54) is 170 Å². The van der Waals surface area contributed by atoms with E-state index < -0.39 is 0 Å². The predicted octanol–water partition coefficient (Wildman–Crippen LogP) is 20.9. The van der Waals surface area contributed by atoms with Crippen LogP contribution in [0, 0.1) is 16.6 Å². The van der Waals surface area contributed by atoms with E-state index in [-0.39, 0.29) is 0 Å². The molecule has 8 nitrogen and oxygen atoms in total. The maximum atomic E-state index is 6.33. The maximum absolute atomic E-state index is 6.33. The number of allylic oxidation sites excluding steroid dienone is 2. The normalized spacial score (nSPS) is 14.4. The zero-order valence-electron chi connectivity index (χ0n) is 63.7. The quantitative estimate of drug-likeness (QED) is 0.0249. The average molecular weight is 1370 g/mol. The Kier molecular flexibility index (Phi) is 19.2. The van der Waals surface area contributed by atoms with Crippen LogP contribution in [0.2, 0.25) is 0 Å². The van der Waals surface area contributed by atoms with E-state index in [9.17, 15) is 0 Å². The molecular weight excluding hydrogens is 1270 g/mol. The number of benzene rings is 8. The van der Waals surface area contributed by atoms with E-state index in [1.54, 1.807) is 0 Å². The van der Waals surface area contributed by atoms with Gasteiger partial charge in [-0.3, -0.25) is 5.32 Å². The zero-order chi connectivity index (χ0) is 70.7. The molecule has 0 atom stereocenters. The Morgan fingerprint density at radius 3 is 1.18 bits per heavy atom. The first-order valence-corrected chi connectivity index (χ1v) is 41.6. The molecule has 0 aliphatic carbocycles. The minimum absolute atomic E-state index is 0.918. The summed E-state index contributed by atoms with van der Waals surface area (Å²) >= 11 is 0. The van der Waals surface area contributed by atoms with Gasteiger partial charge in [0, 0.05) is 54.7 Å². The molecule has 12 aromatic rings. The number of nitrogens with one attached hydrogen (secondary N) is 4. The van der Waals surface area contributed by atoms with E-state index in [2.05, 4.69) is 173 Å². The third kappa shape index (κ3) is 11.1. The van der Waals surface area contributed by atoms with Crippen molar-refractivity contribution in [2.75, 3.05) is 5.32 Å². The Bertz CT molecular complexity index is 6150. The molecule has 4 N–H and O–H groups in total. The van der Waals surface area contributed by atoms with Gasteiger partial charge in [-0.2, -0.15) is 4.99 Å². The lowest BCUT2D eigenvalue weighted by Gasteiger charge is -2.12. The first-order valence-electron chi connectivity index (χ1n) is 41.6. The minimum Gasteiger partial charge on any atom is -0.654 e. The highest BCUT2D eigenvalue weighted by Crippen LogP contribution is 2.48. The molecule has 16 bridgehead atoms. The van der Waals surface area contributed by atoms with Crippen LogP contribution in [0.5, 0.6) is 0 Å². The molecule has 9 heterocycles. The van der Waals surface area contributed by atoms with Gasteiger partial charge in [0.1, 0.15) is 16.3 Å². The Labute approximate surface area is 613 Å². The first kappa shape index (κ1) is 68.2. The number of hydrogen-bond donors (Lipinski definition) is 4. The fourth-order valence-electron chi connectivity index (χ4n) is 19.6. The fraction of sp³-hybridized carbons (Fsp3) is 0.417. The molecule has 5 aliphatic heterocycles. The van der Waals surface area contributed by atoms with Crippen LogP contribution in [0.4, 0.5) is 5.69 Å². The largest absolute Gasteiger partial charge is 0.654 e. The number of rotatable bonds is 32. The van der Waals surface area contributed by atoms with Crippen molar-refractivity contribution in [3.05, 3.63) is 195 Å². The van der Waals surface area contributed by atoms with Crippen molar-refractivity contribution in [1.29, 1.82) is 0 Å². The molecule has 0 unspecified atom stereocenters. The SMILES string of the molecule is CCCCCC1=c2c3c4c(c5ccccc25)[C+](CCCCC)C(=C2N=c5c6c(c7ccccc7c5=C2CCCCC)=C(CCCCC)C(=c2[n-]c5c7[nH]c(c(CCCCC)c7c7ccccc7c5c2CCCCC)=c2[nH]c5c7[nH]c(c(CCCCC)c7c7ccccc7c5c2CCCCC)=C1N=3)N=6)N4. The molecule has 8 heteroatoms. The second-order valence-corrected chi connectivity index (χ2v) is 31.4. The Hall–Kier alpha value is -8.88. The highest BCUT2D eigenvalue weighted by Gasteiger charge is 2.44. The monoisotopic (exact) mass is 1370 g/mol. The summed E-state index contributed by atoms with van der Waals surface area (Å²) in [7, 11) is 0. The lowest BCUT2D eigenvalue weighted by Crippen LogP contribution is -2.47. The van der Waals surface area contributed by atoms with E-state index in [0.29, 0.717) is 0 Å². The summed E-state index contributed by atoms with van der Waals surface area (Å²) in [6, 6.07) is 37.9. The number of fused-ring (bicyclic) bond motifs is 20. The van der Waals surface area contributed by atoms with Gasteiger partial charge in [0.2, 0.25) is 0 Å². The van der Waals surface area contributed by atoms with E-state index in [1.807, 2.05) is 0 Å². The second-order valence-electron chi connectivity index (χ2n) is 31.4. The number of aromatic amines is 3. The molecule has 104 heavy (non-hydrogen) atoms. The van der Waals surface area contributed by atoms with Gasteiger partial charge in [-0.15, -0.1) is 10.9 Å². The van der Waals surface area contributed by atoms with Crippen LogP contribution in [0.25, 0.3) is 115 Å². The summed E-state index contributed by atoms with van der Waals surface area (Å²) in [5.74, 6) is 1.38. The lowest BCUT2D eigenvalue weighted by molar-refractivity contribution is 0.694. The van der Waals surface area contributed by atoms with E-state index >= 15 is 0 Å². The number of aromatic nitrogens is 4. The molecule has 17 rings (SSSR count). The minimum atomic E-state index is 0.918. The van der Waals surface area contributed by atoms with Crippen LogP contribution in [0.15, 0.2) is 123 Å². The molecule has 5 aliphatic rings. The number of H-pyrrole nitrogens is 3. The molecule has 8 aromatic carbocycles. The topological polar surface area (TPSA) is 111 Å². The fourth-order valence-corrected chi connectivity index (χ4v) is 19.6. The van der Waals surface area contributed by atoms with Crippen molar-refractivity contribution in [2.24, 2.45) is 15.0 Å². The molecule has 0 saturated heterocycles. The van der Waals surface area contributed by atoms with Crippen molar-refractivity contribution in [1.82, 2.24) is 19.9 Å². The third-order valence-corrected chi connectivity index (χ3v) is 24.6. The molecule has 532 valence electrons. The smallest absolute Gasteiger partial charge is 0.163 e. The molecule has 0 amide bonds. The van der Waals surface area contributed by atoms with Gasteiger partial charge >= 0.3 is 0 Å². The lowest BCUT2D eigenvalue weighted by atomic mass is 9.86. The Morgan fingerprint density at radius 1 is 0.327 bits per heavy atom. The van der Waals surface area contributed by atoms with Gasteiger partial charge < -0.3 is 19.9 Å². The molecular formula is C96H108N8. The van der Waals surface area contributed by atoms with Crippen LogP contribution in [-0.4, -0.2) is 15.0 Å². The third-order valence-electron chi connectivity index (χ3n) is 24.6. The summed E-state index contributed by atoms with van der Waals surface area (Å²) in [6.45, 7) is 18.8. The van der Waals surface area contributed by atoms with Gasteiger partial charge in [-0.05, 0) is 174 Å². The van der Waals surface area contributed by atoms with Crippen LogP contribution in [0.1, 0.15) is 263 Å². The Balaban J connectivity index is 1.15. The summed E-state index contributed by atoms with van der Waals surface area (Å²) in [4.78, 5) is 38.7. The number of aryl methyl sites for hydroxylation is 4. The summed E-state index contributed by atoms with van der Waals surface area (Å²) in [6.07, 6.45) is 34.7. The van der Waals surface area contributed by atoms with Gasteiger partial charge in [0.05, 0.1) is 55.1 Å². The first-order chi connectivity index (χ1) is 51.4. The van der Waals surface area contributed by atoms with Gasteiger partial charge in [-0.25, -0.2) is 9.98 Å².